The van der Waals surface area contributed by atoms with E-state index in [1.807, 2.05) is 0 Å². The van der Waals surface area contributed by atoms with Crippen molar-refractivity contribution in [3.63, 3.8) is 0 Å². The van der Waals surface area contributed by atoms with Gasteiger partial charge in [-0.1, -0.05) is 0 Å². The van der Waals surface area contributed by atoms with Crippen LogP contribution in [0, 0.1) is 11.3 Å². The van der Waals surface area contributed by atoms with Crippen molar-refractivity contribution in [2.45, 2.75) is 6.43 Å². The molecule has 0 bridgehead atoms. The number of halogens is 2. The Morgan fingerprint density at radius 3 is 2.75 bits per heavy atom. The number of esters is 1. The number of nitrogens with two attached hydrogens (primary N) is 1. The molecule has 7 heteroatoms. The minimum Gasteiger partial charge on any atom is -0.465 e. The van der Waals surface area contributed by atoms with Gasteiger partial charge >= 0.3 is 5.97 Å². The van der Waals surface area contributed by atoms with E-state index in [-0.39, 0.29) is 11.3 Å². The lowest BCUT2D eigenvalue weighted by Gasteiger charge is -2.08. The Labute approximate surface area is 89.4 Å². The summed E-state index contributed by atoms with van der Waals surface area (Å²) < 4.78 is 29.2. The van der Waals surface area contributed by atoms with Crippen LogP contribution in [0.2, 0.25) is 0 Å². The molecule has 0 saturated carbocycles. The van der Waals surface area contributed by atoms with Crippen LogP contribution in [0.4, 0.5) is 14.5 Å². The number of hydrogen-bond acceptors (Lipinski definition) is 5. The Hall–Kier alpha value is -2.23. The minimum atomic E-state index is -2.93. The van der Waals surface area contributed by atoms with Crippen molar-refractivity contribution in [3.8, 4) is 6.07 Å². The zero-order valence-corrected chi connectivity index (χ0v) is 8.20. The normalized spacial score (nSPS) is 9.94. The monoisotopic (exact) mass is 227 g/mol. The van der Waals surface area contributed by atoms with Gasteiger partial charge in [-0.25, -0.2) is 13.6 Å². The van der Waals surface area contributed by atoms with E-state index in [1.54, 1.807) is 0 Å². The van der Waals surface area contributed by atoms with E-state index < -0.39 is 23.7 Å². The van der Waals surface area contributed by atoms with E-state index in [0.717, 1.165) is 13.3 Å². The first-order valence-corrected chi connectivity index (χ1v) is 4.07. The summed E-state index contributed by atoms with van der Waals surface area (Å²) >= 11 is 0. The quantitative estimate of drug-likeness (QED) is 0.768. The molecule has 1 aromatic rings. The Morgan fingerprint density at radius 1 is 1.69 bits per heavy atom. The first kappa shape index (κ1) is 11.8. The van der Waals surface area contributed by atoms with Crippen LogP contribution in [0.15, 0.2) is 6.20 Å². The summed E-state index contributed by atoms with van der Waals surface area (Å²) in [6, 6.07) is 1.49. The summed E-state index contributed by atoms with van der Waals surface area (Å²) in [5.74, 6) is -0.831. The summed E-state index contributed by atoms with van der Waals surface area (Å²) in [6.07, 6.45) is -2.06. The van der Waals surface area contributed by atoms with Crippen LogP contribution in [-0.4, -0.2) is 18.1 Å². The number of anilines is 1. The third kappa shape index (κ3) is 1.91. The fraction of sp³-hybridized carbons (Fsp3) is 0.222. The standard InChI is InChI=1S/C9H7F2N3O2/c1-16-9(15)5-3-14-7(8(10)11)4(2-12)6(5)13/h3,8H,1H3,(H2,13,14). The number of carbonyl (C=O) groups is 1. The third-order valence-electron chi connectivity index (χ3n) is 1.87. The zero-order valence-electron chi connectivity index (χ0n) is 8.20. The van der Waals surface area contributed by atoms with Crippen LogP contribution in [-0.2, 0) is 4.74 Å². The molecule has 0 spiro atoms. The third-order valence-corrected chi connectivity index (χ3v) is 1.87. The van der Waals surface area contributed by atoms with Gasteiger partial charge in [-0.3, -0.25) is 4.98 Å². The fourth-order valence-electron chi connectivity index (χ4n) is 1.10. The van der Waals surface area contributed by atoms with Gasteiger partial charge in [-0.15, -0.1) is 0 Å². The van der Waals surface area contributed by atoms with E-state index >= 15 is 0 Å². The smallest absolute Gasteiger partial charge is 0.341 e. The summed E-state index contributed by atoms with van der Waals surface area (Å²) in [6.45, 7) is 0. The Morgan fingerprint density at radius 2 is 2.31 bits per heavy atom. The molecule has 1 aromatic heterocycles. The highest BCUT2D eigenvalue weighted by Gasteiger charge is 2.22. The molecule has 0 amide bonds. The fourth-order valence-corrected chi connectivity index (χ4v) is 1.10. The van der Waals surface area contributed by atoms with Gasteiger partial charge in [0.25, 0.3) is 6.43 Å². The van der Waals surface area contributed by atoms with Crippen LogP contribution >= 0.6 is 0 Å². The van der Waals surface area contributed by atoms with Crippen LogP contribution in [0.25, 0.3) is 0 Å². The highest BCUT2D eigenvalue weighted by atomic mass is 19.3. The first-order valence-electron chi connectivity index (χ1n) is 4.07. The molecule has 16 heavy (non-hydrogen) atoms. The summed E-state index contributed by atoms with van der Waals surface area (Å²) in [4.78, 5) is 14.5. The molecule has 1 rings (SSSR count). The Balaban J connectivity index is 3.42. The van der Waals surface area contributed by atoms with Gasteiger partial charge in [0.15, 0.2) is 0 Å². The van der Waals surface area contributed by atoms with Crippen molar-refractivity contribution in [3.05, 3.63) is 23.0 Å². The number of hydrogen-bond donors (Lipinski definition) is 1. The average Bonchev–Trinajstić information content (AvgIpc) is 2.27. The molecule has 0 unspecified atom stereocenters. The number of ether oxygens (including phenoxy) is 1. The van der Waals surface area contributed by atoms with E-state index in [2.05, 4.69) is 9.72 Å². The molecule has 0 aliphatic carbocycles. The lowest BCUT2D eigenvalue weighted by molar-refractivity contribution is 0.0601. The average molecular weight is 227 g/mol. The van der Waals surface area contributed by atoms with Gasteiger partial charge in [0, 0.05) is 6.20 Å². The molecule has 0 aliphatic heterocycles. The maximum absolute atomic E-state index is 12.4. The molecule has 1 heterocycles. The van der Waals surface area contributed by atoms with Gasteiger partial charge in [-0.05, 0) is 0 Å². The molecule has 0 aliphatic rings. The summed E-state index contributed by atoms with van der Waals surface area (Å²) in [7, 11) is 1.11. The lowest BCUT2D eigenvalue weighted by atomic mass is 10.1. The summed E-state index contributed by atoms with van der Waals surface area (Å²) in [5, 5.41) is 8.67. The van der Waals surface area contributed by atoms with Crippen molar-refractivity contribution in [1.82, 2.24) is 4.98 Å². The van der Waals surface area contributed by atoms with E-state index in [4.69, 9.17) is 11.0 Å². The topological polar surface area (TPSA) is 89.0 Å². The van der Waals surface area contributed by atoms with E-state index in [0.29, 0.717) is 0 Å². The predicted molar refractivity (Wildman–Crippen MR) is 49.7 cm³/mol. The van der Waals surface area contributed by atoms with Crippen molar-refractivity contribution < 1.29 is 18.3 Å². The number of nitrogens with zero attached hydrogens (tertiary/aromatic N) is 2. The van der Waals surface area contributed by atoms with E-state index in [9.17, 15) is 13.6 Å². The van der Waals surface area contributed by atoms with Crippen LogP contribution in [0.5, 0.6) is 0 Å². The van der Waals surface area contributed by atoms with Crippen molar-refractivity contribution >= 4 is 11.7 Å². The molecule has 5 nitrogen and oxygen atoms in total. The van der Waals surface area contributed by atoms with Gasteiger partial charge in [-0.2, -0.15) is 5.26 Å². The number of alkyl halides is 2. The number of methoxy groups -OCH3 is 1. The second-order valence-corrected chi connectivity index (χ2v) is 2.75. The van der Waals surface area contributed by atoms with E-state index in [1.165, 1.54) is 6.07 Å². The van der Waals surface area contributed by atoms with Crippen molar-refractivity contribution in [2.24, 2.45) is 0 Å². The maximum Gasteiger partial charge on any atom is 0.341 e. The lowest BCUT2D eigenvalue weighted by Crippen LogP contribution is -2.10. The number of pyridine rings is 1. The molecule has 0 saturated heterocycles. The number of carbonyl (C=O) groups excluding carboxylic acids is 1. The zero-order chi connectivity index (χ0) is 12.3. The predicted octanol–water partition coefficient (Wildman–Crippen LogP) is 1.26. The van der Waals surface area contributed by atoms with Crippen LogP contribution in [0.1, 0.15) is 28.0 Å². The molecular formula is C9H7F2N3O2. The maximum atomic E-state index is 12.4. The Kier molecular flexibility index (Phi) is 3.35. The second kappa shape index (κ2) is 4.53. The SMILES string of the molecule is COC(=O)c1cnc(C(F)F)c(C#N)c1N. The molecule has 0 atom stereocenters. The van der Waals surface area contributed by atoms with Crippen molar-refractivity contribution in [1.29, 1.82) is 5.26 Å². The van der Waals surface area contributed by atoms with Gasteiger partial charge in [0.2, 0.25) is 0 Å². The number of rotatable bonds is 2. The van der Waals surface area contributed by atoms with Crippen molar-refractivity contribution in [2.75, 3.05) is 12.8 Å². The molecular weight excluding hydrogens is 220 g/mol. The van der Waals surface area contributed by atoms with Gasteiger partial charge in [0.05, 0.1) is 12.8 Å². The summed E-state index contributed by atoms with van der Waals surface area (Å²) in [5.41, 5.74) is 3.61. The minimum absolute atomic E-state index is 0.205. The molecule has 0 aromatic carbocycles. The van der Waals surface area contributed by atoms with Crippen LogP contribution < -0.4 is 5.73 Å². The molecule has 84 valence electrons. The second-order valence-electron chi connectivity index (χ2n) is 2.75. The van der Waals surface area contributed by atoms with Gasteiger partial charge < -0.3 is 10.5 Å². The Bertz CT molecular complexity index is 469. The van der Waals surface area contributed by atoms with Gasteiger partial charge in [0.1, 0.15) is 22.9 Å². The first-order chi connectivity index (χ1) is 7.52. The largest absolute Gasteiger partial charge is 0.465 e. The highest BCUT2D eigenvalue weighted by Crippen LogP contribution is 2.26. The highest BCUT2D eigenvalue weighted by molar-refractivity contribution is 5.96. The number of nitriles is 1. The number of nitrogen functional groups attached to an aromatic ring is 1. The number of aromatic nitrogens is 1. The van der Waals surface area contributed by atoms with Crippen LogP contribution in [0.3, 0.4) is 0 Å². The molecule has 0 radical (unpaired) electrons. The molecule has 2 N–H and O–H groups in total. The molecule has 0 fully saturated rings.